The fraction of sp³-hybridized carbons (Fsp3) is 0.647. The number of hydrogen-bond acceptors (Lipinski definition) is 3. The fourth-order valence-corrected chi connectivity index (χ4v) is 3.02. The molecule has 0 spiro atoms. The van der Waals surface area contributed by atoms with Gasteiger partial charge in [-0.2, -0.15) is 0 Å². The van der Waals surface area contributed by atoms with Crippen LogP contribution in [0.15, 0.2) is 22.7 Å². The summed E-state index contributed by atoms with van der Waals surface area (Å²) in [6, 6.07) is 6.54. The van der Waals surface area contributed by atoms with Crippen molar-refractivity contribution >= 4 is 15.9 Å². The lowest BCUT2D eigenvalue weighted by atomic mass is 10.0. The Labute approximate surface area is 136 Å². The molecular formula is C17H26BrNO2. The van der Waals surface area contributed by atoms with E-state index in [9.17, 15) is 0 Å². The van der Waals surface area contributed by atoms with Crippen LogP contribution < -0.4 is 5.32 Å². The highest BCUT2D eigenvalue weighted by molar-refractivity contribution is 9.10. The van der Waals surface area contributed by atoms with E-state index < -0.39 is 0 Å². The second-order valence-electron chi connectivity index (χ2n) is 5.67. The molecule has 1 aromatic rings. The molecular weight excluding hydrogens is 330 g/mol. The van der Waals surface area contributed by atoms with Crippen LogP contribution in [0.4, 0.5) is 0 Å². The zero-order valence-electron chi connectivity index (χ0n) is 12.9. The van der Waals surface area contributed by atoms with E-state index in [2.05, 4.69) is 46.4 Å². The smallest absolute Gasteiger partial charge is 0.0727 e. The summed E-state index contributed by atoms with van der Waals surface area (Å²) in [7, 11) is 0. The molecule has 1 fully saturated rings. The van der Waals surface area contributed by atoms with Gasteiger partial charge in [0.1, 0.15) is 0 Å². The monoisotopic (exact) mass is 355 g/mol. The van der Waals surface area contributed by atoms with Crippen LogP contribution in [-0.2, 0) is 22.6 Å². The lowest BCUT2D eigenvalue weighted by molar-refractivity contribution is 0.0156. The van der Waals surface area contributed by atoms with Crippen molar-refractivity contribution in [3.05, 3.63) is 33.8 Å². The minimum atomic E-state index is 0.662. The van der Waals surface area contributed by atoms with Crippen molar-refractivity contribution in [1.82, 2.24) is 5.32 Å². The molecule has 1 aromatic carbocycles. The van der Waals surface area contributed by atoms with Crippen LogP contribution in [0.2, 0.25) is 0 Å². The molecule has 0 unspecified atom stereocenters. The molecule has 0 amide bonds. The highest BCUT2D eigenvalue weighted by Crippen LogP contribution is 2.21. The number of benzene rings is 1. The van der Waals surface area contributed by atoms with E-state index in [1.165, 1.54) is 17.5 Å². The summed E-state index contributed by atoms with van der Waals surface area (Å²) in [4.78, 5) is 0. The first kappa shape index (κ1) is 16.9. The summed E-state index contributed by atoms with van der Waals surface area (Å²) in [5.41, 5.74) is 2.53. The summed E-state index contributed by atoms with van der Waals surface area (Å²) in [5, 5.41) is 3.42. The topological polar surface area (TPSA) is 30.5 Å². The Hall–Kier alpha value is -0.420. The van der Waals surface area contributed by atoms with E-state index in [0.717, 1.165) is 50.2 Å². The van der Waals surface area contributed by atoms with Crippen LogP contribution >= 0.6 is 15.9 Å². The van der Waals surface area contributed by atoms with Crippen LogP contribution in [0.5, 0.6) is 0 Å². The van der Waals surface area contributed by atoms with Crippen molar-refractivity contribution in [1.29, 1.82) is 0 Å². The van der Waals surface area contributed by atoms with Crippen LogP contribution in [0, 0.1) is 5.92 Å². The standard InChI is InChI=1S/C17H26BrNO2/c1-2-7-19-11-15-3-4-16(17(18)10-15)13-21-12-14-5-8-20-9-6-14/h3-4,10,14,19H,2,5-9,11-13H2,1H3. The van der Waals surface area contributed by atoms with Gasteiger partial charge in [-0.15, -0.1) is 0 Å². The lowest BCUT2D eigenvalue weighted by Gasteiger charge is -2.21. The highest BCUT2D eigenvalue weighted by Gasteiger charge is 2.14. The highest BCUT2D eigenvalue weighted by atomic mass is 79.9. The maximum atomic E-state index is 5.88. The molecule has 0 aromatic heterocycles. The second-order valence-corrected chi connectivity index (χ2v) is 6.53. The molecule has 1 aliphatic rings. The van der Waals surface area contributed by atoms with Gasteiger partial charge in [-0.05, 0) is 48.9 Å². The average molecular weight is 356 g/mol. The van der Waals surface area contributed by atoms with Gasteiger partial charge in [0.15, 0.2) is 0 Å². The summed E-state index contributed by atoms with van der Waals surface area (Å²) < 4.78 is 12.4. The minimum Gasteiger partial charge on any atom is -0.381 e. The Morgan fingerprint density at radius 3 is 2.86 bits per heavy atom. The lowest BCUT2D eigenvalue weighted by Crippen LogP contribution is -2.20. The SMILES string of the molecule is CCCNCc1ccc(COCC2CCOCC2)c(Br)c1. The molecule has 0 aliphatic carbocycles. The summed E-state index contributed by atoms with van der Waals surface area (Å²) in [6.07, 6.45) is 3.42. The molecule has 2 rings (SSSR count). The van der Waals surface area contributed by atoms with Crippen molar-refractivity contribution in [2.24, 2.45) is 5.92 Å². The molecule has 1 heterocycles. The van der Waals surface area contributed by atoms with Crippen LogP contribution in [0.1, 0.15) is 37.3 Å². The molecule has 118 valence electrons. The summed E-state index contributed by atoms with van der Waals surface area (Å²) >= 11 is 3.65. The molecule has 1 saturated heterocycles. The zero-order valence-corrected chi connectivity index (χ0v) is 14.5. The Kier molecular flexibility index (Phi) is 7.72. The summed E-state index contributed by atoms with van der Waals surface area (Å²) in [5.74, 6) is 0.662. The van der Waals surface area contributed by atoms with Gasteiger partial charge in [-0.3, -0.25) is 0 Å². The van der Waals surface area contributed by atoms with Crippen LogP contribution in [-0.4, -0.2) is 26.4 Å². The molecule has 4 heteroatoms. The number of nitrogens with one attached hydrogen (secondary N) is 1. The quantitative estimate of drug-likeness (QED) is 0.717. The van der Waals surface area contributed by atoms with E-state index in [1.54, 1.807) is 0 Å². The minimum absolute atomic E-state index is 0.662. The molecule has 1 N–H and O–H groups in total. The maximum absolute atomic E-state index is 5.88. The number of ether oxygens (including phenoxy) is 2. The Bertz CT molecular complexity index is 419. The first-order chi connectivity index (χ1) is 10.3. The Morgan fingerprint density at radius 1 is 1.33 bits per heavy atom. The average Bonchev–Trinajstić information content (AvgIpc) is 2.51. The maximum Gasteiger partial charge on any atom is 0.0727 e. The number of halogens is 1. The van der Waals surface area contributed by atoms with Gasteiger partial charge < -0.3 is 14.8 Å². The van der Waals surface area contributed by atoms with Crippen molar-refractivity contribution < 1.29 is 9.47 Å². The molecule has 0 bridgehead atoms. The Morgan fingerprint density at radius 2 is 2.14 bits per heavy atom. The molecule has 0 radical (unpaired) electrons. The predicted molar refractivity (Wildman–Crippen MR) is 89.3 cm³/mol. The molecule has 3 nitrogen and oxygen atoms in total. The largest absolute Gasteiger partial charge is 0.381 e. The van der Waals surface area contributed by atoms with Crippen LogP contribution in [0.25, 0.3) is 0 Å². The molecule has 1 aliphatic heterocycles. The van der Waals surface area contributed by atoms with Gasteiger partial charge in [0.25, 0.3) is 0 Å². The number of hydrogen-bond donors (Lipinski definition) is 1. The van der Waals surface area contributed by atoms with Crippen molar-refractivity contribution in [2.45, 2.75) is 39.3 Å². The van der Waals surface area contributed by atoms with Crippen molar-refractivity contribution in [3.8, 4) is 0 Å². The van der Waals surface area contributed by atoms with Crippen molar-refractivity contribution in [2.75, 3.05) is 26.4 Å². The van der Waals surface area contributed by atoms with Gasteiger partial charge >= 0.3 is 0 Å². The van der Waals surface area contributed by atoms with Gasteiger partial charge in [-0.25, -0.2) is 0 Å². The third-order valence-electron chi connectivity index (χ3n) is 3.83. The van der Waals surface area contributed by atoms with E-state index in [1.807, 2.05) is 0 Å². The van der Waals surface area contributed by atoms with Crippen molar-refractivity contribution in [3.63, 3.8) is 0 Å². The zero-order chi connectivity index (χ0) is 14.9. The third-order valence-corrected chi connectivity index (χ3v) is 4.56. The van der Waals surface area contributed by atoms with Gasteiger partial charge in [0, 0.05) is 24.2 Å². The molecule has 21 heavy (non-hydrogen) atoms. The fourth-order valence-electron chi connectivity index (χ4n) is 2.48. The number of rotatable bonds is 8. The van der Waals surface area contributed by atoms with E-state index >= 15 is 0 Å². The first-order valence-electron chi connectivity index (χ1n) is 7.93. The molecule has 0 saturated carbocycles. The second kappa shape index (κ2) is 9.57. The van der Waals surface area contributed by atoms with E-state index in [0.29, 0.717) is 12.5 Å². The Balaban J connectivity index is 1.74. The van der Waals surface area contributed by atoms with Gasteiger partial charge in [0.2, 0.25) is 0 Å². The third kappa shape index (κ3) is 6.07. The van der Waals surface area contributed by atoms with Gasteiger partial charge in [0.05, 0.1) is 13.2 Å². The first-order valence-corrected chi connectivity index (χ1v) is 8.72. The molecule has 0 atom stereocenters. The normalized spacial score (nSPS) is 16.3. The predicted octanol–water partition coefficient (Wildman–Crippen LogP) is 3.89. The van der Waals surface area contributed by atoms with E-state index in [4.69, 9.17) is 9.47 Å². The summed E-state index contributed by atoms with van der Waals surface area (Å²) in [6.45, 7) is 7.47. The van der Waals surface area contributed by atoms with Gasteiger partial charge in [-0.1, -0.05) is 35.0 Å². The van der Waals surface area contributed by atoms with E-state index in [-0.39, 0.29) is 0 Å². The van der Waals surface area contributed by atoms with Crippen LogP contribution in [0.3, 0.4) is 0 Å².